The van der Waals surface area contributed by atoms with Crippen LogP contribution in [0.15, 0.2) is 101 Å². The van der Waals surface area contributed by atoms with Gasteiger partial charge in [-0.3, -0.25) is 9.10 Å². The van der Waals surface area contributed by atoms with E-state index in [4.69, 9.17) is 16.3 Å². The van der Waals surface area contributed by atoms with Crippen LogP contribution in [0.1, 0.15) is 5.56 Å². The van der Waals surface area contributed by atoms with Crippen LogP contribution in [0.2, 0.25) is 5.02 Å². The molecule has 0 saturated heterocycles. The number of ether oxygens (including phenoxy) is 1. The zero-order valence-corrected chi connectivity index (χ0v) is 20.3. The molecule has 178 valence electrons. The monoisotopic (exact) mass is 507 g/mol. The van der Waals surface area contributed by atoms with E-state index in [2.05, 4.69) is 10.5 Å². The zero-order valence-electron chi connectivity index (χ0n) is 18.8. The summed E-state index contributed by atoms with van der Waals surface area (Å²) in [5.74, 6) is -0.0997. The molecular weight excluding hydrogens is 486 g/mol. The van der Waals surface area contributed by atoms with E-state index in [0.717, 1.165) is 20.6 Å². The molecule has 0 aliphatic carbocycles. The number of hydrogen-bond acceptors (Lipinski definition) is 5. The first kappa shape index (κ1) is 24.3. The van der Waals surface area contributed by atoms with Gasteiger partial charge in [-0.1, -0.05) is 60.1 Å². The highest BCUT2D eigenvalue weighted by atomic mass is 35.5. The molecule has 0 unspecified atom stereocenters. The molecule has 4 aromatic rings. The molecule has 1 amide bonds. The molecular formula is C26H22ClN3O4S. The number of amides is 1. The maximum absolute atomic E-state index is 13.4. The number of methoxy groups -OCH3 is 1. The Bertz CT molecular complexity index is 1480. The van der Waals surface area contributed by atoms with Crippen molar-refractivity contribution in [1.29, 1.82) is 0 Å². The topological polar surface area (TPSA) is 88.1 Å². The molecule has 0 radical (unpaired) electrons. The molecule has 0 heterocycles. The summed E-state index contributed by atoms with van der Waals surface area (Å²) in [6.45, 7) is -0.498. The predicted molar refractivity (Wildman–Crippen MR) is 139 cm³/mol. The summed E-state index contributed by atoms with van der Waals surface area (Å²) in [5.41, 5.74) is 3.50. The number of nitrogens with one attached hydrogen (secondary N) is 1. The van der Waals surface area contributed by atoms with Crippen LogP contribution < -0.4 is 14.5 Å². The zero-order chi connectivity index (χ0) is 24.8. The summed E-state index contributed by atoms with van der Waals surface area (Å²) in [6, 6.07) is 25.8. The summed E-state index contributed by atoms with van der Waals surface area (Å²) in [5, 5.41) is 6.41. The van der Waals surface area contributed by atoms with Crippen LogP contribution in [0.25, 0.3) is 10.8 Å². The van der Waals surface area contributed by atoms with Gasteiger partial charge in [-0.25, -0.2) is 13.8 Å². The molecule has 7 nitrogen and oxygen atoms in total. The number of benzene rings is 4. The molecule has 4 aromatic carbocycles. The first-order valence-corrected chi connectivity index (χ1v) is 12.4. The number of halogens is 1. The van der Waals surface area contributed by atoms with Crippen LogP contribution in [-0.2, 0) is 14.8 Å². The van der Waals surface area contributed by atoms with Crippen LogP contribution >= 0.6 is 11.6 Å². The van der Waals surface area contributed by atoms with Gasteiger partial charge in [0.15, 0.2) is 0 Å². The van der Waals surface area contributed by atoms with E-state index in [1.165, 1.54) is 43.7 Å². The third-order valence-electron chi connectivity index (χ3n) is 5.25. The second-order valence-electron chi connectivity index (χ2n) is 7.53. The fraction of sp³-hybridized carbons (Fsp3) is 0.0769. The van der Waals surface area contributed by atoms with Crippen molar-refractivity contribution in [1.82, 2.24) is 5.43 Å². The van der Waals surface area contributed by atoms with Crippen molar-refractivity contribution in [3.05, 3.63) is 102 Å². The summed E-state index contributed by atoms with van der Waals surface area (Å²) in [4.78, 5) is 12.8. The van der Waals surface area contributed by atoms with E-state index in [1.807, 2.05) is 42.5 Å². The number of rotatable bonds is 8. The summed E-state index contributed by atoms with van der Waals surface area (Å²) in [7, 11) is -2.60. The van der Waals surface area contributed by atoms with Crippen molar-refractivity contribution in [2.75, 3.05) is 18.0 Å². The highest BCUT2D eigenvalue weighted by molar-refractivity contribution is 7.92. The molecule has 0 aliphatic heterocycles. The normalized spacial score (nSPS) is 11.5. The number of nitrogens with zero attached hydrogens (tertiary/aromatic N) is 2. The predicted octanol–water partition coefficient (Wildman–Crippen LogP) is 4.85. The van der Waals surface area contributed by atoms with Crippen LogP contribution in [0, 0.1) is 0 Å². The van der Waals surface area contributed by atoms with Gasteiger partial charge in [0.05, 0.1) is 23.9 Å². The molecule has 0 aliphatic rings. The van der Waals surface area contributed by atoms with E-state index < -0.39 is 22.5 Å². The van der Waals surface area contributed by atoms with E-state index >= 15 is 0 Å². The first-order valence-electron chi connectivity index (χ1n) is 10.6. The Labute approximate surface area is 208 Å². The van der Waals surface area contributed by atoms with Crippen LogP contribution in [0.5, 0.6) is 5.75 Å². The minimum atomic E-state index is -4.09. The lowest BCUT2D eigenvalue weighted by Gasteiger charge is -2.24. The molecule has 0 aromatic heterocycles. The number of sulfonamides is 1. The lowest BCUT2D eigenvalue weighted by molar-refractivity contribution is -0.119. The Kier molecular flexibility index (Phi) is 7.33. The van der Waals surface area contributed by atoms with Crippen molar-refractivity contribution in [3.63, 3.8) is 0 Å². The maximum atomic E-state index is 13.4. The van der Waals surface area contributed by atoms with Gasteiger partial charge < -0.3 is 4.74 Å². The summed E-state index contributed by atoms with van der Waals surface area (Å²) < 4.78 is 33.0. The average Bonchev–Trinajstić information content (AvgIpc) is 2.87. The smallest absolute Gasteiger partial charge is 0.264 e. The second kappa shape index (κ2) is 10.6. The van der Waals surface area contributed by atoms with Gasteiger partial charge in [-0.05, 0) is 53.2 Å². The molecule has 9 heteroatoms. The number of hydrazone groups is 1. The Morgan fingerprint density at radius 1 is 1.00 bits per heavy atom. The van der Waals surface area contributed by atoms with Gasteiger partial charge in [0.1, 0.15) is 12.3 Å². The Hall–Kier alpha value is -3.88. The fourth-order valence-corrected chi connectivity index (χ4v) is 5.12. The third-order valence-corrected chi connectivity index (χ3v) is 7.27. The Balaban J connectivity index is 1.58. The van der Waals surface area contributed by atoms with E-state index in [9.17, 15) is 13.2 Å². The molecule has 0 spiro atoms. The maximum Gasteiger partial charge on any atom is 0.264 e. The highest BCUT2D eigenvalue weighted by Gasteiger charge is 2.27. The van der Waals surface area contributed by atoms with Gasteiger partial charge in [0.2, 0.25) is 0 Å². The highest BCUT2D eigenvalue weighted by Crippen LogP contribution is 2.27. The largest absolute Gasteiger partial charge is 0.497 e. The molecule has 4 rings (SSSR count). The number of fused-ring (bicyclic) bond motifs is 1. The van der Waals surface area contributed by atoms with Crippen LogP contribution in [-0.4, -0.2) is 34.2 Å². The van der Waals surface area contributed by atoms with Crippen molar-refractivity contribution in [2.45, 2.75) is 4.90 Å². The van der Waals surface area contributed by atoms with Crippen molar-refractivity contribution in [2.24, 2.45) is 5.10 Å². The lowest BCUT2D eigenvalue weighted by Crippen LogP contribution is -2.39. The van der Waals surface area contributed by atoms with E-state index in [1.54, 1.807) is 18.2 Å². The second-order valence-corrected chi connectivity index (χ2v) is 9.83. The molecule has 35 heavy (non-hydrogen) atoms. The lowest BCUT2D eigenvalue weighted by atomic mass is 10.1. The molecule has 0 bridgehead atoms. The third kappa shape index (κ3) is 5.62. The summed E-state index contributed by atoms with van der Waals surface area (Å²) in [6.07, 6.45) is 1.53. The number of hydrogen-bond donors (Lipinski definition) is 1. The minimum Gasteiger partial charge on any atom is -0.497 e. The van der Waals surface area contributed by atoms with E-state index in [0.29, 0.717) is 10.8 Å². The minimum absolute atomic E-state index is 0.00494. The van der Waals surface area contributed by atoms with Crippen molar-refractivity contribution < 1.29 is 17.9 Å². The molecule has 1 N–H and O–H groups in total. The fourth-order valence-electron chi connectivity index (χ4n) is 3.52. The SMILES string of the molecule is COc1ccc(S(=O)(=O)N(CC(=O)N/N=C\c2cccc3ccccc23)c2cccc(Cl)c2)cc1. The standard InChI is InChI=1S/C26H22ClN3O4S/c1-34-23-12-14-24(15-13-23)35(32,33)30(22-10-5-9-21(27)16-22)18-26(31)29-28-17-20-8-4-7-19-6-2-3-11-25(19)20/h2-17H,18H2,1H3,(H,29,31)/b28-17-. The summed E-state index contributed by atoms with van der Waals surface area (Å²) >= 11 is 6.10. The van der Waals surface area contributed by atoms with Gasteiger partial charge in [0, 0.05) is 10.6 Å². The number of carbonyl (C=O) groups excluding carboxylic acids is 1. The van der Waals surface area contributed by atoms with Gasteiger partial charge in [0.25, 0.3) is 15.9 Å². The Morgan fingerprint density at radius 2 is 1.71 bits per heavy atom. The van der Waals surface area contributed by atoms with Crippen molar-refractivity contribution >= 4 is 50.2 Å². The van der Waals surface area contributed by atoms with Crippen LogP contribution in [0.4, 0.5) is 5.69 Å². The average molecular weight is 508 g/mol. The number of anilines is 1. The van der Waals surface area contributed by atoms with Gasteiger partial charge in [-0.2, -0.15) is 5.10 Å². The van der Waals surface area contributed by atoms with Crippen molar-refractivity contribution in [3.8, 4) is 5.75 Å². The molecule has 0 saturated carbocycles. The first-order chi connectivity index (χ1) is 16.9. The van der Waals surface area contributed by atoms with Gasteiger partial charge in [-0.15, -0.1) is 0 Å². The molecule has 0 fully saturated rings. The Morgan fingerprint density at radius 3 is 2.46 bits per heavy atom. The van der Waals surface area contributed by atoms with Crippen LogP contribution in [0.3, 0.4) is 0 Å². The van der Waals surface area contributed by atoms with Gasteiger partial charge >= 0.3 is 0 Å². The number of carbonyl (C=O) groups is 1. The quantitative estimate of drug-likeness (QED) is 0.273. The molecule has 0 atom stereocenters. The van der Waals surface area contributed by atoms with E-state index in [-0.39, 0.29) is 10.6 Å².